The fraction of sp³-hybridized carbons (Fsp3) is 0.462. The molecule has 1 saturated carbocycles. The fourth-order valence-electron chi connectivity index (χ4n) is 1.97. The second-order valence-electron chi connectivity index (χ2n) is 4.80. The number of carbonyl (C=O) groups is 1. The number of ether oxygens (including phenoxy) is 1. The Balaban J connectivity index is 1.76. The van der Waals surface area contributed by atoms with E-state index in [4.69, 9.17) is 0 Å². The van der Waals surface area contributed by atoms with Gasteiger partial charge in [-0.1, -0.05) is 6.07 Å². The molecule has 3 nitrogen and oxygen atoms in total. The molecule has 8 heteroatoms. The minimum Gasteiger partial charge on any atom is -0.362 e. The molecule has 0 aromatic heterocycles. The van der Waals surface area contributed by atoms with Crippen molar-refractivity contribution >= 4 is 21.8 Å². The Bertz CT molecular complexity index is 535. The number of benzene rings is 1. The number of hydrogen-bond acceptors (Lipinski definition) is 2. The van der Waals surface area contributed by atoms with E-state index in [1.807, 2.05) is 0 Å². The second-order valence-corrected chi connectivity index (χ2v) is 5.65. The van der Waals surface area contributed by atoms with Crippen LogP contribution in [0.2, 0.25) is 0 Å². The molecular formula is C13H12BrF4NO2. The summed E-state index contributed by atoms with van der Waals surface area (Å²) in [4.78, 5) is 11.4. The van der Waals surface area contributed by atoms with E-state index < -0.39 is 31.1 Å². The van der Waals surface area contributed by atoms with Crippen molar-refractivity contribution in [1.82, 2.24) is 5.32 Å². The lowest BCUT2D eigenvalue weighted by Crippen LogP contribution is -2.32. The van der Waals surface area contributed by atoms with Crippen LogP contribution in [0.25, 0.3) is 0 Å². The van der Waals surface area contributed by atoms with Crippen LogP contribution in [0, 0.1) is 5.82 Å². The lowest BCUT2D eigenvalue weighted by atomic mass is 10.1. The molecule has 0 spiro atoms. The van der Waals surface area contributed by atoms with Gasteiger partial charge in [-0.25, -0.2) is 4.39 Å². The van der Waals surface area contributed by atoms with E-state index in [9.17, 15) is 22.4 Å². The molecule has 0 heterocycles. The normalized spacial score (nSPS) is 21.2. The summed E-state index contributed by atoms with van der Waals surface area (Å²) in [6, 6.07) is 4.51. The van der Waals surface area contributed by atoms with E-state index in [2.05, 4.69) is 26.0 Å². The fourth-order valence-corrected chi connectivity index (χ4v) is 2.22. The highest BCUT2D eigenvalue weighted by atomic mass is 79.9. The molecule has 1 aromatic carbocycles. The largest absolute Gasteiger partial charge is 0.411 e. The summed E-state index contributed by atoms with van der Waals surface area (Å²) in [5.41, 5.74) is 0.747. The summed E-state index contributed by atoms with van der Waals surface area (Å²) in [5, 5.41) is 2.56. The molecule has 1 aromatic rings. The van der Waals surface area contributed by atoms with Crippen LogP contribution >= 0.6 is 15.9 Å². The van der Waals surface area contributed by atoms with Gasteiger partial charge in [0.15, 0.2) is 0 Å². The number of alkyl halides is 3. The Hall–Kier alpha value is -1.15. The van der Waals surface area contributed by atoms with Gasteiger partial charge in [0.25, 0.3) is 0 Å². The quantitative estimate of drug-likeness (QED) is 0.809. The smallest absolute Gasteiger partial charge is 0.362 e. The predicted molar refractivity (Wildman–Crippen MR) is 70.3 cm³/mol. The van der Waals surface area contributed by atoms with Crippen LogP contribution in [-0.4, -0.2) is 31.3 Å². The zero-order valence-electron chi connectivity index (χ0n) is 10.7. The molecule has 0 radical (unpaired) electrons. The van der Waals surface area contributed by atoms with Gasteiger partial charge in [0.05, 0.1) is 4.47 Å². The Kier molecular flexibility index (Phi) is 4.88. The summed E-state index contributed by atoms with van der Waals surface area (Å²) < 4.78 is 53.5. The molecule has 21 heavy (non-hydrogen) atoms. The first kappa shape index (κ1) is 16.2. The monoisotopic (exact) mass is 369 g/mol. The van der Waals surface area contributed by atoms with Gasteiger partial charge < -0.3 is 10.1 Å². The van der Waals surface area contributed by atoms with Crippen molar-refractivity contribution in [3.8, 4) is 0 Å². The third-order valence-electron chi connectivity index (χ3n) is 3.01. The summed E-state index contributed by atoms with van der Waals surface area (Å²) >= 11 is 3.05. The second kappa shape index (κ2) is 6.31. The lowest BCUT2D eigenvalue weighted by molar-refractivity contribution is -0.175. The average Bonchev–Trinajstić information content (AvgIpc) is 3.10. The predicted octanol–water partition coefficient (Wildman–Crippen LogP) is 3.14. The summed E-state index contributed by atoms with van der Waals surface area (Å²) in [5.74, 6) is -1.01. The molecule has 0 aliphatic heterocycles. The Morgan fingerprint density at radius 1 is 1.43 bits per heavy atom. The van der Waals surface area contributed by atoms with Crippen molar-refractivity contribution in [3.05, 3.63) is 34.1 Å². The van der Waals surface area contributed by atoms with Crippen molar-refractivity contribution in [2.45, 2.75) is 24.6 Å². The highest BCUT2D eigenvalue weighted by molar-refractivity contribution is 9.10. The molecule has 0 saturated heterocycles. The van der Waals surface area contributed by atoms with E-state index in [0.717, 1.165) is 5.56 Å². The first-order valence-electron chi connectivity index (χ1n) is 6.15. The van der Waals surface area contributed by atoms with Crippen LogP contribution in [0.15, 0.2) is 22.7 Å². The number of hydrogen-bond donors (Lipinski definition) is 1. The highest BCUT2D eigenvalue weighted by Crippen LogP contribution is 2.41. The minimum atomic E-state index is -4.45. The maximum Gasteiger partial charge on any atom is 0.411 e. The van der Waals surface area contributed by atoms with Crippen molar-refractivity contribution in [2.24, 2.45) is 0 Å². The van der Waals surface area contributed by atoms with Gasteiger partial charge in [-0.05, 0) is 40.0 Å². The van der Waals surface area contributed by atoms with Crippen LogP contribution in [0.5, 0.6) is 0 Å². The molecule has 1 amide bonds. The molecular weight excluding hydrogens is 358 g/mol. The summed E-state index contributed by atoms with van der Waals surface area (Å²) in [6.45, 7) is -2.09. The van der Waals surface area contributed by atoms with E-state index in [1.165, 1.54) is 6.07 Å². The molecule has 116 valence electrons. The first-order chi connectivity index (χ1) is 9.76. The third-order valence-corrected chi connectivity index (χ3v) is 3.65. The number of halogens is 5. The van der Waals surface area contributed by atoms with Crippen LogP contribution in [0.3, 0.4) is 0 Å². The van der Waals surface area contributed by atoms with E-state index in [-0.39, 0.29) is 12.0 Å². The molecule has 2 rings (SSSR count). The van der Waals surface area contributed by atoms with Gasteiger partial charge in [-0.3, -0.25) is 4.79 Å². The number of rotatable bonds is 5. The number of nitrogens with one attached hydrogen (secondary N) is 1. The van der Waals surface area contributed by atoms with Crippen LogP contribution in [0.1, 0.15) is 17.9 Å². The maximum absolute atomic E-state index is 13.4. The van der Waals surface area contributed by atoms with Gasteiger partial charge in [0, 0.05) is 12.0 Å². The van der Waals surface area contributed by atoms with E-state index >= 15 is 0 Å². The minimum absolute atomic E-state index is 0.0147. The highest BCUT2D eigenvalue weighted by Gasteiger charge is 2.39. The van der Waals surface area contributed by atoms with E-state index in [0.29, 0.717) is 10.9 Å². The van der Waals surface area contributed by atoms with Gasteiger partial charge in [-0.2, -0.15) is 13.2 Å². The first-order valence-corrected chi connectivity index (χ1v) is 6.94. The van der Waals surface area contributed by atoms with Crippen molar-refractivity contribution in [3.63, 3.8) is 0 Å². The topological polar surface area (TPSA) is 38.3 Å². The standard InChI is InChI=1S/C13H12BrF4NO2/c14-9-2-1-7(3-10(9)15)8-4-11(8)19-12(20)5-21-6-13(16,17)18/h1-3,8,11H,4-6H2,(H,19,20)/t8-,11+/m0/s1. The third kappa shape index (κ3) is 4.96. The number of carbonyl (C=O) groups excluding carboxylic acids is 1. The van der Waals surface area contributed by atoms with Gasteiger partial charge in [0.1, 0.15) is 19.0 Å². The van der Waals surface area contributed by atoms with Crippen molar-refractivity contribution < 1.29 is 27.1 Å². The van der Waals surface area contributed by atoms with Gasteiger partial charge in [-0.15, -0.1) is 0 Å². The molecule has 0 unspecified atom stereocenters. The lowest BCUT2D eigenvalue weighted by Gasteiger charge is -2.08. The van der Waals surface area contributed by atoms with Gasteiger partial charge >= 0.3 is 6.18 Å². The van der Waals surface area contributed by atoms with Crippen molar-refractivity contribution in [2.75, 3.05) is 13.2 Å². The Morgan fingerprint density at radius 2 is 2.14 bits per heavy atom. The van der Waals surface area contributed by atoms with E-state index in [1.54, 1.807) is 12.1 Å². The SMILES string of the molecule is O=C(COCC(F)(F)F)N[C@@H]1C[C@H]1c1ccc(Br)c(F)c1. The summed E-state index contributed by atoms with van der Waals surface area (Å²) in [7, 11) is 0. The van der Waals surface area contributed by atoms with Crippen molar-refractivity contribution in [1.29, 1.82) is 0 Å². The van der Waals surface area contributed by atoms with Crippen LogP contribution in [0.4, 0.5) is 17.6 Å². The van der Waals surface area contributed by atoms with Crippen LogP contribution < -0.4 is 5.32 Å². The molecule has 1 aliphatic carbocycles. The summed E-state index contributed by atoms with van der Waals surface area (Å²) in [6.07, 6.45) is -3.82. The molecule has 0 bridgehead atoms. The zero-order chi connectivity index (χ0) is 15.6. The van der Waals surface area contributed by atoms with Crippen LogP contribution in [-0.2, 0) is 9.53 Å². The number of amides is 1. The molecule has 1 N–H and O–H groups in total. The zero-order valence-corrected chi connectivity index (χ0v) is 12.3. The molecule has 1 fully saturated rings. The maximum atomic E-state index is 13.4. The average molecular weight is 370 g/mol. The molecule has 1 aliphatic rings. The Labute approximate surface area is 126 Å². The molecule has 2 atom stereocenters. The Morgan fingerprint density at radius 3 is 2.76 bits per heavy atom. The van der Waals surface area contributed by atoms with Gasteiger partial charge in [0.2, 0.25) is 5.91 Å².